The first-order valence-corrected chi connectivity index (χ1v) is 12.0. The normalized spacial score (nSPS) is 11.7. The molecule has 174 valence electrons. The van der Waals surface area contributed by atoms with E-state index in [0.29, 0.717) is 28.3 Å². The lowest BCUT2D eigenvalue weighted by Gasteiger charge is -2.28. The molecule has 3 rings (SSSR count). The molecule has 2 amide bonds. The van der Waals surface area contributed by atoms with E-state index in [4.69, 9.17) is 16.3 Å². The number of aromatic nitrogens is 2. The number of amides is 2. The smallest absolute Gasteiger partial charge is 0.248 e. The second-order valence-electron chi connectivity index (χ2n) is 7.54. The van der Waals surface area contributed by atoms with Crippen molar-refractivity contribution in [2.24, 2.45) is 0 Å². The Hall–Kier alpha value is -2.81. The van der Waals surface area contributed by atoms with E-state index in [1.807, 2.05) is 56.3 Å². The van der Waals surface area contributed by atoms with E-state index in [9.17, 15) is 9.59 Å². The van der Waals surface area contributed by atoms with Crippen LogP contribution in [0.4, 0.5) is 5.13 Å². The van der Waals surface area contributed by atoms with Gasteiger partial charge in [-0.25, -0.2) is 0 Å². The molecule has 0 aliphatic rings. The average molecular weight is 487 g/mol. The summed E-state index contributed by atoms with van der Waals surface area (Å²) in [5, 5.41) is 12.6. The Kier molecular flexibility index (Phi) is 9.35. The summed E-state index contributed by atoms with van der Waals surface area (Å²) in [6.07, 6.45) is 0.937. The highest BCUT2D eigenvalue weighted by Gasteiger charge is 2.20. The first-order valence-electron chi connectivity index (χ1n) is 10.8. The fourth-order valence-corrected chi connectivity index (χ4v) is 4.09. The number of rotatable bonds is 11. The molecular formula is C24H27ClN4O3S. The van der Waals surface area contributed by atoms with Gasteiger partial charge in [-0.3, -0.25) is 9.59 Å². The van der Waals surface area contributed by atoms with Gasteiger partial charge in [-0.1, -0.05) is 72.3 Å². The highest BCUT2D eigenvalue weighted by molar-refractivity contribution is 7.18. The third-order valence-corrected chi connectivity index (χ3v) is 6.23. The van der Waals surface area contributed by atoms with Gasteiger partial charge in [0.1, 0.15) is 11.6 Å². The number of anilines is 1. The highest BCUT2D eigenvalue weighted by atomic mass is 35.5. The predicted molar refractivity (Wildman–Crippen MR) is 131 cm³/mol. The monoisotopic (exact) mass is 486 g/mol. The summed E-state index contributed by atoms with van der Waals surface area (Å²) in [5.74, 6) is -0.359. The summed E-state index contributed by atoms with van der Waals surface area (Å²) >= 11 is 7.30. The van der Waals surface area contributed by atoms with E-state index >= 15 is 0 Å². The minimum Gasteiger partial charge on any atom is -0.367 e. The van der Waals surface area contributed by atoms with Gasteiger partial charge in [0.2, 0.25) is 16.9 Å². The number of nitrogens with zero attached hydrogens (tertiary/aromatic N) is 3. The molecule has 0 saturated carbocycles. The molecule has 1 aromatic heterocycles. The fourth-order valence-electron chi connectivity index (χ4n) is 3.14. The maximum Gasteiger partial charge on any atom is 0.248 e. The molecule has 2 aromatic carbocycles. The van der Waals surface area contributed by atoms with Crippen LogP contribution in [0.25, 0.3) is 10.6 Å². The van der Waals surface area contributed by atoms with Crippen molar-refractivity contribution in [1.82, 2.24) is 15.1 Å². The van der Waals surface area contributed by atoms with E-state index < -0.39 is 0 Å². The van der Waals surface area contributed by atoms with Crippen LogP contribution >= 0.6 is 22.9 Å². The first-order chi connectivity index (χ1) is 16.0. The number of carbonyl (C=O) groups is 2. The molecule has 0 spiro atoms. The summed E-state index contributed by atoms with van der Waals surface area (Å²) in [6.45, 7) is 4.62. The molecule has 3 aromatic rings. The molecule has 1 unspecified atom stereocenters. The van der Waals surface area contributed by atoms with Crippen molar-refractivity contribution in [2.45, 2.75) is 39.3 Å². The van der Waals surface area contributed by atoms with Crippen LogP contribution in [-0.2, 0) is 20.9 Å². The van der Waals surface area contributed by atoms with Crippen molar-refractivity contribution >= 4 is 39.9 Å². The lowest BCUT2D eigenvalue weighted by Crippen LogP contribution is -2.42. The number of hydrogen-bond acceptors (Lipinski definition) is 6. The first kappa shape index (κ1) is 24.8. The van der Waals surface area contributed by atoms with Crippen LogP contribution in [0, 0.1) is 0 Å². The number of benzene rings is 2. The van der Waals surface area contributed by atoms with Crippen molar-refractivity contribution in [1.29, 1.82) is 0 Å². The maximum atomic E-state index is 12.7. The van der Waals surface area contributed by atoms with Crippen LogP contribution in [0.2, 0.25) is 5.02 Å². The van der Waals surface area contributed by atoms with Crippen molar-refractivity contribution in [3.8, 4) is 10.6 Å². The maximum absolute atomic E-state index is 12.7. The zero-order valence-corrected chi connectivity index (χ0v) is 20.2. The van der Waals surface area contributed by atoms with E-state index in [1.54, 1.807) is 17.0 Å². The Morgan fingerprint density at radius 2 is 1.94 bits per heavy atom. The van der Waals surface area contributed by atoms with E-state index in [1.165, 1.54) is 11.3 Å². The molecule has 33 heavy (non-hydrogen) atoms. The van der Waals surface area contributed by atoms with Crippen LogP contribution < -0.4 is 5.32 Å². The fraction of sp³-hybridized carbons (Fsp3) is 0.333. The summed E-state index contributed by atoms with van der Waals surface area (Å²) in [4.78, 5) is 26.9. The van der Waals surface area contributed by atoms with Gasteiger partial charge in [-0.2, -0.15) is 0 Å². The van der Waals surface area contributed by atoms with Gasteiger partial charge in [0.05, 0.1) is 6.61 Å². The molecule has 0 fully saturated rings. The quantitative estimate of drug-likeness (QED) is 0.411. The second kappa shape index (κ2) is 12.4. The van der Waals surface area contributed by atoms with E-state index in [2.05, 4.69) is 15.5 Å². The van der Waals surface area contributed by atoms with Crippen LogP contribution in [0.15, 0.2) is 54.6 Å². The Bertz CT molecular complexity index is 1060. The third-order valence-electron chi connectivity index (χ3n) is 5.10. The summed E-state index contributed by atoms with van der Waals surface area (Å²) < 4.78 is 5.60. The minimum absolute atomic E-state index is 0.00147. The van der Waals surface area contributed by atoms with Crippen molar-refractivity contribution < 1.29 is 14.3 Å². The molecule has 9 heteroatoms. The average Bonchev–Trinajstić information content (AvgIpc) is 3.28. The van der Waals surface area contributed by atoms with Crippen molar-refractivity contribution in [3.63, 3.8) is 0 Å². The van der Waals surface area contributed by atoms with E-state index in [-0.39, 0.29) is 30.9 Å². The molecule has 7 nitrogen and oxygen atoms in total. The summed E-state index contributed by atoms with van der Waals surface area (Å²) in [7, 11) is 0. The number of carbonyl (C=O) groups excluding carboxylic acids is 2. The van der Waals surface area contributed by atoms with Crippen LogP contribution in [0.3, 0.4) is 0 Å². The Balaban J connectivity index is 1.50. The molecule has 0 radical (unpaired) electrons. The van der Waals surface area contributed by atoms with Gasteiger partial charge in [0.25, 0.3) is 0 Å². The van der Waals surface area contributed by atoms with Crippen LogP contribution in [-0.4, -0.2) is 46.1 Å². The second-order valence-corrected chi connectivity index (χ2v) is 8.96. The number of hydrogen-bond donors (Lipinski definition) is 1. The molecule has 0 saturated heterocycles. The lowest BCUT2D eigenvalue weighted by atomic mass is 10.2. The van der Waals surface area contributed by atoms with Gasteiger partial charge in [-0.05, 0) is 31.0 Å². The van der Waals surface area contributed by atoms with Gasteiger partial charge >= 0.3 is 0 Å². The zero-order chi connectivity index (χ0) is 23.6. The summed E-state index contributed by atoms with van der Waals surface area (Å²) in [5.41, 5.74) is 1.85. The summed E-state index contributed by atoms with van der Waals surface area (Å²) in [6, 6.07) is 17.0. The number of ether oxygens (including phenoxy) is 1. The third kappa shape index (κ3) is 7.63. The topological polar surface area (TPSA) is 84.4 Å². The molecule has 0 aliphatic carbocycles. The molecule has 0 aliphatic heterocycles. The van der Waals surface area contributed by atoms with Gasteiger partial charge in [0, 0.05) is 29.6 Å². The SMILES string of the molecule is CCC(C)N(CCC(=O)Nc1nnc(-c2cccc(Cl)c2)s1)C(=O)COCc1ccccc1. The lowest BCUT2D eigenvalue weighted by molar-refractivity contribution is -0.139. The molecular weight excluding hydrogens is 460 g/mol. The largest absolute Gasteiger partial charge is 0.367 e. The molecule has 1 heterocycles. The Labute approximate surface area is 202 Å². The van der Waals surface area contributed by atoms with Gasteiger partial charge < -0.3 is 15.0 Å². The van der Waals surface area contributed by atoms with Gasteiger partial charge in [0.15, 0.2) is 0 Å². The zero-order valence-electron chi connectivity index (χ0n) is 18.7. The van der Waals surface area contributed by atoms with Crippen molar-refractivity contribution in [2.75, 3.05) is 18.5 Å². The van der Waals surface area contributed by atoms with Crippen LogP contribution in [0.5, 0.6) is 0 Å². The number of halogens is 1. The minimum atomic E-state index is -0.227. The number of nitrogens with one attached hydrogen (secondary N) is 1. The van der Waals surface area contributed by atoms with Crippen molar-refractivity contribution in [3.05, 3.63) is 65.2 Å². The van der Waals surface area contributed by atoms with Crippen LogP contribution in [0.1, 0.15) is 32.3 Å². The Morgan fingerprint density at radius 1 is 1.15 bits per heavy atom. The standard InChI is InChI=1S/C24H27ClN4O3S/c1-3-17(2)29(22(31)16-32-15-18-8-5-4-6-9-18)13-12-21(30)26-24-28-27-23(33-24)19-10-7-11-20(25)14-19/h4-11,14,17H,3,12-13,15-16H2,1-2H3,(H,26,28,30). The predicted octanol–water partition coefficient (Wildman–Crippen LogP) is 5.03. The van der Waals surface area contributed by atoms with Gasteiger partial charge in [-0.15, -0.1) is 10.2 Å². The Morgan fingerprint density at radius 3 is 2.67 bits per heavy atom. The molecule has 1 atom stereocenters. The highest BCUT2D eigenvalue weighted by Crippen LogP contribution is 2.28. The van der Waals surface area contributed by atoms with E-state index in [0.717, 1.165) is 17.5 Å². The molecule has 0 bridgehead atoms. The molecule has 1 N–H and O–H groups in total.